The molecule has 1 aliphatic rings. The minimum atomic E-state index is 0.245. The first-order valence-corrected chi connectivity index (χ1v) is 8.29. The van der Waals surface area contributed by atoms with Crippen LogP contribution in [0.4, 0.5) is 0 Å². The maximum atomic E-state index is 11.9. The summed E-state index contributed by atoms with van der Waals surface area (Å²) in [5.74, 6) is 0.809. The predicted molar refractivity (Wildman–Crippen MR) is 87.8 cm³/mol. The van der Waals surface area contributed by atoms with Crippen LogP contribution in [0, 0.1) is 0 Å². The van der Waals surface area contributed by atoms with E-state index in [1.807, 2.05) is 36.9 Å². The van der Waals surface area contributed by atoms with Crippen LogP contribution < -0.4 is 5.32 Å². The lowest BCUT2D eigenvalue weighted by molar-refractivity contribution is -0.130. The number of amides is 1. The fraction of sp³-hybridized carbons (Fsp3) is 0.588. The third kappa shape index (κ3) is 4.21. The van der Waals surface area contributed by atoms with Crippen molar-refractivity contribution in [3.63, 3.8) is 0 Å². The summed E-state index contributed by atoms with van der Waals surface area (Å²) < 4.78 is 0. The van der Waals surface area contributed by atoms with Crippen molar-refractivity contribution in [3.8, 4) is 0 Å². The molecule has 21 heavy (non-hydrogen) atoms. The van der Waals surface area contributed by atoms with Gasteiger partial charge in [0.05, 0.1) is 0 Å². The summed E-state index contributed by atoms with van der Waals surface area (Å²) >= 11 is 6.22. The number of nitrogens with zero attached hydrogens (tertiary/aromatic N) is 1. The van der Waals surface area contributed by atoms with Gasteiger partial charge in [0, 0.05) is 37.1 Å². The fourth-order valence-corrected chi connectivity index (χ4v) is 3.25. The zero-order chi connectivity index (χ0) is 15.2. The van der Waals surface area contributed by atoms with E-state index in [9.17, 15) is 4.79 Å². The van der Waals surface area contributed by atoms with Gasteiger partial charge in [-0.3, -0.25) is 4.79 Å². The number of carbonyl (C=O) groups excluding carboxylic acids is 1. The third-order valence-corrected chi connectivity index (χ3v) is 4.72. The third-order valence-electron chi connectivity index (χ3n) is 4.37. The van der Waals surface area contributed by atoms with Gasteiger partial charge < -0.3 is 10.2 Å². The summed E-state index contributed by atoms with van der Waals surface area (Å²) in [4.78, 5) is 13.8. The lowest BCUT2D eigenvalue weighted by Gasteiger charge is -2.37. The Hall–Kier alpha value is -1.06. The standard InChI is InChI=1S/C17H25ClN2O/c1-3-20(4-2)17(21)9-10-19-14-11-13(12-14)15-7-5-6-8-16(15)18/h5-8,13-14,19H,3-4,9-12H2,1-2H3. The normalized spacial score (nSPS) is 20.9. The summed E-state index contributed by atoms with van der Waals surface area (Å²) in [6, 6.07) is 8.62. The largest absolute Gasteiger partial charge is 0.343 e. The van der Waals surface area contributed by atoms with Gasteiger partial charge in [-0.25, -0.2) is 0 Å². The Bertz CT molecular complexity index is 468. The summed E-state index contributed by atoms with van der Waals surface area (Å²) in [5, 5.41) is 4.35. The first-order chi connectivity index (χ1) is 10.2. The quantitative estimate of drug-likeness (QED) is 0.837. The van der Waals surface area contributed by atoms with E-state index in [0.717, 1.165) is 37.5 Å². The number of halogens is 1. The molecule has 4 heteroatoms. The number of rotatable bonds is 7. The van der Waals surface area contributed by atoms with Crippen molar-refractivity contribution in [1.29, 1.82) is 0 Å². The Morgan fingerprint density at radius 1 is 1.29 bits per heavy atom. The SMILES string of the molecule is CCN(CC)C(=O)CCNC1CC(c2ccccc2Cl)C1. The molecule has 0 atom stereocenters. The van der Waals surface area contributed by atoms with Crippen molar-refractivity contribution < 1.29 is 4.79 Å². The second kappa shape index (κ2) is 7.81. The average molecular weight is 309 g/mol. The molecule has 0 aliphatic heterocycles. The van der Waals surface area contributed by atoms with Crippen LogP contribution in [0.2, 0.25) is 5.02 Å². The molecule has 0 spiro atoms. The highest BCUT2D eigenvalue weighted by Crippen LogP contribution is 2.39. The van der Waals surface area contributed by atoms with E-state index in [1.165, 1.54) is 5.56 Å². The molecule has 0 unspecified atom stereocenters. The molecule has 116 valence electrons. The number of hydrogen-bond acceptors (Lipinski definition) is 2. The first-order valence-electron chi connectivity index (χ1n) is 7.91. The summed E-state index contributed by atoms with van der Waals surface area (Å²) in [6.07, 6.45) is 2.82. The highest BCUT2D eigenvalue weighted by molar-refractivity contribution is 6.31. The molecule has 1 fully saturated rings. The van der Waals surface area contributed by atoms with Crippen LogP contribution in [0.3, 0.4) is 0 Å². The van der Waals surface area contributed by atoms with Gasteiger partial charge in [-0.1, -0.05) is 29.8 Å². The molecule has 1 N–H and O–H groups in total. The van der Waals surface area contributed by atoms with Crippen molar-refractivity contribution in [2.45, 2.75) is 45.1 Å². The van der Waals surface area contributed by atoms with Crippen LogP contribution >= 0.6 is 11.6 Å². The smallest absolute Gasteiger partial charge is 0.223 e. The summed E-state index contributed by atoms with van der Waals surface area (Å²) in [7, 11) is 0. The maximum Gasteiger partial charge on any atom is 0.223 e. The zero-order valence-electron chi connectivity index (χ0n) is 12.9. The van der Waals surface area contributed by atoms with E-state index in [0.29, 0.717) is 18.4 Å². The second-order valence-corrected chi connectivity index (χ2v) is 6.06. The molecule has 1 saturated carbocycles. The van der Waals surface area contributed by atoms with Crippen molar-refractivity contribution in [3.05, 3.63) is 34.9 Å². The molecule has 0 aromatic heterocycles. The van der Waals surface area contributed by atoms with Crippen LogP contribution in [0.5, 0.6) is 0 Å². The van der Waals surface area contributed by atoms with Crippen molar-refractivity contribution in [2.75, 3.05) is 19.6 Å². The predicted octanol–water partition coefficient (Wildman–Crippen LogP) is 3.43. The molecule has 0 radical (unpaired) electrons. The van der Waals surface area contributed by atoms with Crippen LogP contribution in [-0.2, 0) is 4.79 Å². The maximum absolute atomic E-state index is 11.9. The van der Waals surface area contributed by atoms with Gasteiger partial charge in [0.1, 0.15) is 0 Å². The zero-order valence-corrected chi connectivity index (χ0v) is 13.7. The molecule has 1 amide bonds. The van der Waals surface area contributed by atoms with E-state index in [1.54, 1.807) is 0 Å². The Kier molecular flexibility index (Phi) is 6.07. The lowest BCUT2D eigenvalue weighted by atomic mass is 9.76. The minimum absolute atomic E-state index is 0.245. The average Bonchev–Trinajstić information content (AvgIpc) is 2.44. The van der Waals surface area contributed by atoms with Crippen LogP contribution in [0.15, 0.2) is 24.3 Å². The van der Waals surface area contributed by atoms with E-state index in [2.05, 4.69) is 11.4 Å². The molecule has 1 aliphatic carbocycles. The van der Waals surface area contributed by atoms with Crippen molar-refractivity contribution in [2.24, 2.45) is 0 Å². The number of carbonyl (C=O) groups is 1. The monoisotopic (exact) mass is 308 g/mol. The number of benzene rings is 1. The Morgan fingerprint density at radius 3 is 2.57 bits per heavy atom. The molecule has 0 saturated heterocycles. The van der Waals surface area contributed by atoms with Crippen LogP contribution in [0.25, 0.3) is 0 Å². The van der Waals surface area contributed by atoms with Crippen LogP contribution in [0.1, 0.15) is 44.6 Å². The van der Waals surface area contributed by atoms with Gasteiger partial charge >= 0.3 is 0 Å². The highest BCUT2D eigenvalue weighted by Gasteiger charge is 2.30. The van der Waals surface area contributed by atoms with Gasteiger partial charge in [0.15, 0.2) is 0 Å². The highest BCUT2D eigenvalue weighted by atomic mass is 35.5. The molecule has 1 aromatic rings. The van der Waals surface area contributed by atoms with E-state index in [-0.39, 0.29) is 5.91 Å². The Morgan fingerprint density at radius 2 is 1.95 bits per heavy atom. The van der Waals surface area contributed by atoms with Gasteiger partial charge in [-0.15, -0.1) is 0 Å². The van der Waals surface area contributed by atoms with Gasteiger partial charge in [-0.2, -0.15) is 0 Å². The molecule has 3 nitrogen and oxygen atoms in total. The topological polar surface area (TPSA) is 32.3 Å². The summed E-state index contributed by atoms with van der Waals surface area (Å²) in [6.45, 7) is 6.42. The number of nitrogens with one attached hydrogen (secondary N) is 1. The Labute approximate surface area is 132 Å². The molecular formula is C17H25ClN2O. The van der Waals surface area contributed by atoms with Crippen molar-refractivity contribution >= 4 is 17.5 Å². The first kappa shape index (κ1) is 16.3. The summed E-state index contributed by atoms with van der Waals surface area (Å²) in [5.41, 5.74) is 1.26. The lowest BCUT2D eigenvalue weighted by Crippen LogP contribution is -2.42. The van der Waals surface area contributed by atoms with E-state index in [4.69, 9.17) is 11.6 Å². The molecule has 0 heterocycles. The van der Waals surface area contributed by atoms with Gasteiger partial charge in [-0.05, 0) is 44.2 Å². The minimum Gasteiger partial charge on any atom is -0.343 e. The van der Waals surface area contributed by atoms with Crippen molar-refractivity contribution in [1.82, 2.24) is 10.2 Å². The van der Waals surface area contributed by atoms with Gasteiger partial charge in [0.25, 0.3) is 0 Å². The van der Waals surface area contributed by atoms with Gasteiger partial charge in [0.2, 0.25) is 5.91 Å². The van der Waals surface area contributed by atoms with E-state index >= 15 is 0 Å². The Balaban J connectivity index is 1.67. The fourth-order valence-electron chi connectivity index (χ4n) is 2.96. The molecular weight excluding hydrogens is 284 g/mol. The molecule has 1 aromatic carbocycles. The molecule has 0 bridgehead atoms. The molecule has 2 rings (SSSR count). The van der Waals surface area contributed by atoms with E-state index < -0.39 is 0 Å². The second-order valence-electron chi connectivity index (χ2n) is 5.66. The van der Waals surface area contributed by atoms with Crippen LogP contribution in [-0.4, -0.2) is 36.5 Å². The number of hydrogen-bond donors (Lipinski definition) is 1.